The third kappa shape index (κ3) is 13.3. The number of aryl methyl sites for hydroxylation is 1. The van der Waals surface area contributed by atoms with Gasteiger partial charge in [-0.25, -0.2) is 4.98 Å². The van der Waals surface area contributed by atoms with Gasteiger partial charge in [0.1, 0.15) is 5.69 Å². The van der Waals surface area contributed by atoms with E-state index in [-0.39, 0.29) is 77.2 Å². The van der Waals surface area contributed by atoms with Crippen LogP contribution in [0.25, 0.3) is 0 Å². The zero-order valence-corrected chi connectivity index (χ0v) is 31.6. The molecule has 2 aromatic rings. The molecule has 4 rings (SSSR count). The van der Waals surface area contributed by atoms with Crippen molar-refractivity contribution in [1.29, 1.82) is 0 Å². The Labute approximate surface area is 301 Å². The maximum Gasteiger partial charge on any atom is 1.00 e. The second-order valence-corrected chi connectivity index (χ2v) is 10.3. The van der Waals surface area contributed by atoms with Gasteiger partial charge in [0.15, 0.2) is 0 Å². The second-order valence-electron chi connectivity index (χ2n) is 10.3. The summed E-state index contributed by atoms with van der Waals surface area (Å²) in [6.07, 6.45) is 15.5. The molecule has 1 aromatic carbocycles. The number of likely N-dealkylation sites (N-methyl/N-ethyl adjacent to an activating group) is 1. The van der Waals surface area contributed by atoms with E-state index in [1.54, 1.807) is 17.2 Å². The van der Waals surface area contributed by atoms with Gasteiger partial charge in [-0.1, -0.05) is 58.0 Å². The van der Waals surface area contributed by atoms with Crippen LogP contribution in [0.1, 0.15) is 64.1 Å². The van der Waals surface area contributed by atoms with Crippen LogP contribution >= 0.6 is 12.6 Å². The fraction of sp³-hybridized carbons (Fsp3) is 0.576. The first-order chi connectivity index (χ1) is 18.4. The Kier molecular flexibility index (Phi) is 26.0. The van der Waals surface area contributed by atoms with Gasteiger partial charge in [-0.2, -0.15) is 12.6 Å². The van der Waals surface area contributed by atoms with Crippen LogP contribution in [0.3, 0.4) is 0 Å². The monoisotopic (exact) mass is 610 g/mol. The Morgan fingerprint density at radius 1 is 1.07 bits per heavy atom. The van der Waals surface area contributed by atoms with Crippen LogP contribution in [0.5, 0.6) is 0 Å². The van der Waals surface area contributed by atoms with Crippen molar-refractivity contribution in [3.8, 4) is 12.8 Å². The zero-order valence-electron chi connectivity index (χ0n) is 27.6. The molecule has 2 atom stereocenters. The molecular formula is C33H57KN5OS-. The standard InChI is InChI=1S/C26H39N5O.C2H6.C2H2.CH4S.2CH3.K/c1-4-23-24(27)25(32)31(19-28-23)18-26(2)11-14-30(15-12-26)16-21-10-13-29(3)17-22(21)20-8-6-5-7-9-20;3*1-2;;;/h5-9,19,21-22H,4,10-18,27H2,1-3H3;1-2H3;1-2H;2H,1H3;2*1H3;/q;;;;2*-1;+1/t21-,22?;;;;;;/m0....../s1. The van der Waals surface area contributed by atoms with Gasteiger partial charge in [0.05, 0.1) is 12.0 Å². The molecule has 0 bridgehead atoms. The minimum atomic E-state index is -0.0856. The number of piperidine rings is 2. The summed E-state index contributed by atoms with van der Waals surface area (Å²) < 4.78 is 1.73. The van der Waals surface area contributed by atoms with Crippen molar-refractivity contribution in [2.75, 3.05) is 51.8 Å². The number of benzene rings is 1. The maximum absolute atomic E-state index is 12.7. The molecule has 8 heteroatoms. The number of thiol groups is 1. The molecule has 1 unspecified atom stereocenters. The first kappa shape index (κ1) is 44.8. The third-order valence-electron chi connectivity index (χ3n) is 7.78. The first-order valence-electron chi connectivity index (χ1n) is 14.0. The van der Waals surface area contributed by atoms with E-state index in [0.29, 0.717) is 36.2 Å². The molecule has 1 aromatic heterocycles. The summed E-state index contributed by atoms with van der Waals surface area (Å²) in [5.74, 6) is 1.30. The van der Waals surface area contributed by atoms with Gasteiger partial charge >= 0.3 is 51.4 Å². The number of rotatable bonds is 6. The van der Waals surface area contributed by atoms with Crippen molar-refractivity contribution in [3.05, 3.63) is 73.1 Å². The molecule has 0 radical (unpaired) electrons. The van der Waals surface area contributed by atoms with E-state index in [0.717, 1.165) is 32.5 Å². The average Bonchev–Trinajstić information content (AvgIpc) is 2.97. The maximum atomic E-state index is 12.7. The summed E-state index contributed by atoms with van der Waals surface area (Å²) in [5, 5.41) is 0. The fourth-order valence-corrected chi connectivity index (χ4v) is 5.57. The molecule has 41 heavy (non-hydrogen) atoms. The normalized spacial score (nSPS) is 19.4. The average molecular weight is 611 g/mol. The largest absolute Gasteiger partial charge is 1.00 e. The Morgan fingerprint density at radius 2 is 1.63 bits per heavy atom. The van der Waals surface area contributed by atoms with E-state index in [9.17, 15) is 4.79 Å². The van der Waals surface area contributed by atoms with Crippen LogP contribution in [-0.4, -0.2) is 65.4 Å². The molecule has 228 valence electrons. The van der Waals surface area contributed by atoms with Crippen molar-refractivity contribution >= 4 is 18.3 Å². The van der Waals surface area contributed by atoms with E-state index in [4.69, 9.17) is 5.73 Å². The summed E-state index contributed by atoms with van der Waals surface area (Å²) >= 11 is 3.53. The third-order valence-corrected chi connectivity index (χ3v) is 7.78. The van der Waals surface area contributed by atoms with Gasteiger partial charge < -0.3 is 30.4 Å². The first-order valence-corrected chi connectivity index (χ1v) is 14.9. The number of aromatic nitrogens is 2. The Bertz CT molecular complexity index is 1010. The predicted molar refractivity (Wildman–Crippen MR) is 180 cm³/mol. The fourth-order valence-electron chi connectivity index (χ4n) is 5.57. The minimum Gasteiger partial charge on any atom is -0.393 e. The van der Waals surface area contributed by atoms with Gasteiger partial charge in [-0.15, -0.1) is 12.8 Å². The number of nitrogens with two attached hydrogens (primary N) is 1. The number of hydrogen-bond acceptors (Lipinski definition) is 6. The van der Waals surface area contributed by atoms with E-state index < -0.39 is 0 Å². The van der Waals surface area contributed by atoms with Gasteiger partial charge in [0.2, 0.25) is 0 Å². The molecule has 0 amide bonds. The van der Waals surface area contributed by atoms with Crippen molar-refractivity contribution in [2.24, 2.45) is 11.3 Å². The van der Waals surface area contributed by atoms with E-state index >= 15 is 0 Å². The number of likely N-dealkylation sites (tertiary alicyclic amines) is 2. The van der Waals surface area contributed by atoms with Crippen molar-refractivity contribution < 1.29 is 51.4 Å². The zero-order chi connectivity index (χ0) is 28.7. The van der Waals surface area contributed by atoms with Crippen LogP contribution in [0, 0.1) is 39.0 Å². The van der Waals surface area contributed by atoms with Crippen molar-refractivity contribution in [2.45, 2.75) is 65.8 Å². The quantitative estimate of drug-likeness (QED) is 0.228. The molecule has 2 fully saturated rings. The second kappa shape index (κ2) is 23.8. The molecular weight excluding hydrogens is 554 g/mol. The summed E-state index contributed by atoms with van der Waals surface area (Å²) in [5.41, 5.74) is 8.54. The minimum absolute atomic E-state index is 0. The molecule has 3 heterocycles. The summed E-state index contributed by atoms with van der Waals surface area (Å²) in [4.78, 5) is 22.2. The van der Waals surface area contributed by atoms with E-state index in [2.05, 4.69) is 84.6 Å². The number of terminal acetylenes is 1. The van der Waals surface area contributed by atoms with Crippen molar-refractivity contribution in [1.82, 2.24) is 19.4 Å². The van der Waals surface area contributed by atoms with Gasteiger partial charge in [0.25, 0.3) is 5.56 Å². The molecule has 0 aliphatic carbocycles. The van der Waals surface area contributed by atoms with Crippen LogP contribution < -0.4 is 62.7 Å². The van der Waals surface area contributed by atoms with Crippen LogP contribution in [0.15, 0.2) is 41.5 Å². The number of hydrogen-bond donors (Lipinski definition) is 2. The SMILES string of the molecule is C#C.CC.CCc1ncn(CC2(C)CCN(C[C@@H]3CCN(C)CC3c3ccccc3)CC2)c(=O)c1N.CS.[CH3-].[CH3-].[K+]. The van der Waals surface area contributed by atoms with E-state index in [1.807, 2.05) is 20.8 Å². The molecule has 2 aliphatic heterocycles. The summed E-state index contributed by atoms with van der Waals surface area (Å²) in [7, 11) is 2.25. The molecule has 2 saturated heterocycles. The number of anilines is 1. The number of nitrogen functional groups attached to an aromatic ring is 1. The van der Waals surface area contributed by atoms with Gasteiger partial charge in [-0.3, -0.25) is 9.36 Å². The van der Waals surface area contributed by atoms with Crippen LogP contribution in [-0.2, 0) is 13.0 Å². The van der Waals surface area contributed by atoms with Crippen molar-refractivity contribution in [3.63, 3.8) is 0 Å². The molecule has 2 aliphatic rings. The Hall–Kier alpha value is -0.634. The smallest absolute Gasteiger partial charge is 0.393 e. The number of nitrogens with zero attached hydrogens (tertiary/aromatic N) is 4. The molecule has 2 N–H and O–H groups in total. The van der Waals surface area contributed by atoms with E-state index in [1.165, 1.54) is 25.1 Å². The summed E-state index contributed by atoms with van der Waals surface area (Å²) in [6.45, 7) is 14.7. The summed E-state index contributed by atoms with van der Waals surface area (Å²) in [6, 6.07) is 11.0. The molecule has 0 saturated carbocycles. The van der Waals surface area contributed by atoms with Gasteiger partial charge in [-0.05, 0) is 75.5 Å². The molecule has 6 nitrogen and oxygen atoms in total. The Morgan fingerprint density at radius 3 is 2.17 bits per heavy atom. The Balaban J connectivity index is -0.00000151. The predicted octanol–water partition coefficient (Wildman–Crippen LogP) is 2.95. The van der Waals surface area contributed by atoms with Gasteiger partial charge in [0, 0.05) is 25.6 Å². The molecule has 0 spiro atoms. The van der Waals surface area contributed by atoms with Crippen LogP contribution in [0.4, 0.5) is 5.69 Å². The van der Waals surface area contributed by atoms with Crippen LogP contribution in [0.2, 0.25) is 0 Å². The topological polar surface area (TPSA) is 67.4 Å².